The van der Waals surface area contributed by atoms with Crippen molar-refractivity contribution in [3.8, 4) is 11.3 Å². The number of anilines is 2. The highest BCUT2D eigenvalue weighted by Gasteiger charge is 2.28. The zero-order valence-electron chi connectivity index (χ0n) is 15.4. The molecule has 29 heavy (non-hydrogen) atoms. The number of halogens is 3. The maximum absolute atomic E-state index is 13.9. The zero-order chi connectivity index (χ0) is 20.5. The third-order valence-electron chi connectivity index (χ3n) is 4.62. The van der Waals surface area contributed by atoms with Gasteiger partial charge >= 0.3 is 0 Å². The quantitative estimate of drug-likeness (QED) is 0.545. The Hall–Kier alpha value is -2.63. The Labute approximate surface area is 179 Å². The molecule has 3 aromatic rings. The molecule has 0 saturated carbocycles. The highest BCUT2D eigenvalue weighted by atomic mass is 127. The van der Waals surface area contributed by atoms with Crippen molar-refractivity contribution in [1.29, 1.82) is 0 Å². The Bertz CT molecular complexity index is 1070. The lowest BCUT2D eigenvalue weighted by Gasteiger charge is -2.22. The van der Waals surface area contributed by atoms with Crippen LogP contribution < -0.4 is 10.2 Å². The molecule has 1 aromatic carbocycles. The number of carbonyl (C=O) groups is 1. The molecular weight excluding hydrogens is 493 g/mol. The Balaban J connectivity index is 1.82. The maximum atomic E-state index is 13.9. The number of aromatic nitrogens is 4. The molecule has 0 unspecified atom stereocenters. The van der Waals surface area contributed by atoms with E-state index in [0.29, 0.717) is 35.7 Å². The van der Waals surface area contributed by atoms with Crippen LogP contribution in [0.4, 0.5) is 20.3 Å². The van der Waals surface area contributed by atoms with E-state index in [1.807, 2.05) is 0 Å². The molecule has 2 aromatic heterocycles. The number of hydrogen-bond acceptors (Lipinski definition) is 5. The maximum Gasteiger partial charge on any atom is 0.276 e. The van der Waals surface area contributed by atoms with E-state index in [1.165, 1.54) is 24.8 Å². The van der Waals surface area contributed by atoms with Crippen molar-refractivity contribution in [2.75, 3.05) is 23.3 Å². The summed E-state index contributed by atoms with van der Waals surface area (Å²) in [5, 5.41) is 2.82. The summed E-state index contributed by atoms with van der Waals surface area (Å²) >= 11 is 2.08. The van der Waals surface area contributed by atoms with Gasteiger partial charge in [0.25, 0.3) is 5.91 Å². The number of nitrogens with one attached hydrogen (secondary N) is 1. The molecule has 1 aliphatic rings. The van der Waals surface area contributed by atoms with Gasteiger partial charge in [-0.2, -0.15) is 0 Å². The molecule has 3 heterocycles. The fourth-order valence-corrected chi connectivity index (χ4v) is 3.82. The van der Waals surface area contributed by atoms with Gasteiger partial charge in [-0.05, 0) is 47.2 Å². The van der Waals surface area contributed by atoms with Crippen LogP contribution in [-0.2, 0) is 7.05 Å². The lowest BCUT2D eigenvalue weighted by atomic mass is 10.1. The minimum absolute atomic E-state index is 0.170. The van der Waals surface area contributed by atoms with Gasteiger partial charge in [-0.15, -0.1) is 0 Å². The molecule has 1 amide bonds. The number of amides is 1. The molecular formula is C19H17F2IN6O. The van der Waals surface area contributed by atoms with E-state index in [2.05, 4.69) is 42.9 Å². The van der Waals surface area contributed by atoms with Crippen LogP contribution in [0, 0.1) is 9.39 Å². The van der Waals surface area contributed by atoms with E-state index in [-0.39, 0.29) is 12.2 Å². The summed E-state index contributed by atoms with van der Waals surface area (Å²) in [7, 11) is 1.76. The Morgan fingerprint density at radius 3 is 2.83 bits per heavy atom. The third-order valence-corrected chi connectivity index (χ3v) is 5.56. The van der Waals surface area contributed by atoms with E-state index in [0.717, 1.165) is 3.57 Å². The number of nitrogens with zero attached hydrogens (tertiary/aromatic N) is 5. The molecule has 1 N–H and O–H groups in total. The summed E-state index contributed by atoms with van der Waals surface area (Å²) < 4.78 is 30.2. The van der Waals surface area contributed by atoms with Crippen LogP contribution in [0.15, 0.2) is 37.1 Å². The van der Waals surface area contributed by atoms with Crippen LogP contribution >= 0.6 is 22.6 Å². The number of imidazole rings is 1. The van der Waals surface area contributed by atoms with Gasteiger partial charge in [0.2, 0.25) is 0 Å². The second-order valence-electron chi connectivity index (χ2n) is 6.76. The van der Waals surface area contributed by atoms with Gasteiger partial charge in [0.1, 0.15) is 35.4 Å². The molecule has 0 spiro atoms. The molecule has 150 valence electrons. The third kappa shape index (κ3) is 4.07. The van der Waals surface area contributed by atoms with Crippen molar-refractivity contribution < 1.29 is 13.6 Å². The largest absolute Gasteiger partial charge is 0.352 e. The van der Waals surface area contributed by atoms with Crippen molar-refractivity contribution >= 4 is 40.0 Å². The Morgan fingerprint density at radius 2 is 2.14 bits per heavy atom. The van der Waals surface area contributed by atoms with Crippen LogP contribution in [0.3, 0.4) is 0 Å². The summed E-state index contributed by atoms with van der Waals surface area (Å²) in [6.07, 6.45) is 3.85. The lowest BCUT2D eigenvalue weighted by molar-refractivity contribution is 0.102. The van der Waals surface area contributed by atoms with E-state index in [4.69, 9.17) is 0 Å². The highest BCUT2D eigenvalue weighted by molar-refractivity contribution is 14.1. The first kappa shape index (κ1) is 19.7. The fourth-order valence-electron chi connectivity index (χ4n) is 3.23. The first-order valence-corrected chi connectivity index (χ1v) is 9.99. The van der Waals surface area contributed by atoms with Crippen molar-refractivity contribution in [2.24, 2.45) is 7.05 Å². The molecule has 1 atom stereocenters. The van der Waals surface area contributed by atoms with E-state index in [9.17, 15) is 13.6 Å². The second kappa shape index (κ2) is 8.01. The average Bonchev–Trinajstić information content (AvgIpc) is 3.32. The van der Waals surface area contributed by atoms with Crippen LogP contribution in [0.5, 0.6) is 0 Å². The van der Waals surface area contributed by atoms with Crippen LogP contribution in [0.2, 0.25) is 0 Å². The average molecular weight is 510 g/mol. The van der Waals surface area contributed by atoms with Gasteiger partial charge in [-0.1, -0.05) is 0 Å². The van der Waals surface area contributed by atoms with Crippen molar-refractivity contribution in [1.82, 2.24) is 19.5 Å². The SMILES string of the molecule is Cn1cnc(C(=O)Nc2c(-c3cc(F)ccc3I)ncnc2N2CC[C@H](F)C2)c1. The molecule has 0 aliphatic carbocycles. The predicted octanol–water partition coefficient (Wildman–Crippen LogP) is 3.42. The number of rotatable bonds is 4. The molecule has 4 rings (SSSR count). The van der Waals surface area contributed by atoms with Gasteiger partial charge in [-0.3, -0.25) is 4.79 Å². The lowest BCUT2D eigenvalue weighted by Crippen LogP contribution is -2.24. The summed E-state index contributed by atoms with van der Waals surface area (Å²) in [5.74, 6) is -0.475. The molecule has 0 bridgehead atoms. The Kier molecular flexibility index (Phi) is 5.43. The minimum atomic E-state index is -0.970. The summed E-state index contributed by atoms with van der Waals surface area (Å²) in [5.41, 5.74) is 1.40. The van der Waals surface area contributed by atoms with E-state index in [1.54, 1.807) is 28.8 Å². The van der Waals surface area contributed by atoms with Crippen molar-refractivity contribution in [2.45, 2.75) is 12.6 Å². The molecule has 1 saturated heterocycles. The van der Waals surface area contributed by atoms with Crippen LogP contribution in [0.25, 0.3) is 11.3 Å². The monoisotopic (exact) mass is 510 g/mol. The van der Waals surface area contributed by atoms with Gasteiger partial charge in [-0.25, -0.2) is 23.7 Å². The summed E-state index contributed by atoms with van der Waals surface area (Å²) in [6.45, 7) is 0.632. The van der Waals surface area contributed by atoms with Gasteiger partial charge in [0.15, 0.2) is 5.82 Å². The number of carbonyl (C=O) groups excluding carboxylic acids is 1. The molecule has 1 fully saturated rings. The predicted molar refractivity (Wildman–Crippen MR) is 113 cm³/mol. The number of benzene rings is 1. The van der Waals surface area contributed by atoms with Gasteiger partial charge in [0.05, 0.1) is 12.9 Å². The minimum Gasteiger partial charge on any atom is -0.352 e. The van der Waals surface area contributed by atoms with Gasteiger partial charge in [0, 0.05) is 28.9 Å². The highest BCUT2D eigenvalue weighted by Crippen LogP contribution is 2.37. The number of alkyl halides is 1. The first-order chi connectivity index (χ1) is 13.9. The smallest absolute Gasteiger partial charge is 0.276 e. The fraction of sp³-hybridized carbons (Fsp3) is 0.263. The molecule has 7 nitrogen and oxygen atoms in total. The standard InChI is InChI=1S/C19H17F2IN6O/c1-27-8-15(25-10-27)19(29)26-17-16(13-6-11(20)2-3-14(13)22)23-9-24-18(17)28-5-4-12(21)7-28/h2-3,6,8-10,12H,4-5,7H2,1H3,(H,26,29)/t12-/m0/s1. The molecule has 10 heteroatoms. The van der Waals surface area contributed by atoms with Crippen molar-refractivity contribution in [3.05, 3.63) is 52.1 Å². The number of hydrogen-bond donors (Lipinski definition) is 1. The van der Waals surface area contributed by atoms with Crippen LogP contribution in [0.1, 0.15) is 16.9 Å². The van der Waals surface area contributed by atoms with E-state index >= 15 is 0 Å². The van der Waals surface area contributed by atoms with E-state index < -0.39 is 17.9 Å². The van der Waals surface area contributed by atoms with Crippen molar-refractivity contribution in [3.63, 3.8) is 0 Å². The van der Waals surface area contributed by atoms with Crippen LogP contribution in [-0.4, -0.2) is 44.7 Å². The topological polar surface area (TPSA) is 75.9 Å². The summed E-state index contributed by atoms with van der Waals surface area (Å²) in [4.78, 5) is 27.2. The molecule has 1 aliphatic heterocycles. The molecule has 0 radical (unpaired) electrons. The number of aryl methyl sites for hydroxylation is 1. The zero-order valence-corrected chi connectivity index (χ0v) is 17.6. The summed E-state index contributed by atoms with van der Waals surface area (Å²) in [6, 6.07) is 4.34. The second-order valence-corrected chi connectivity index (χ2v) is 7.92. The first-order valence-electron chi connectivity index (χ1n) is 8.91. The Morgan fingerprint density at radius 1 is 1.31 bits per heavy atom. The van der Waals surface area contributed by atoms with Gasteiger partial charge < -0.3 is 14.8 Å². The normalized spacial score (nSPS) is 16.3.